The summed E-state index contributed by atoms with van der Waals surface area (Å²) in [5, 5.41) is 28.2. The van der Waals surface area contributed by atoms with Gasteiger partial charge in [0.2, 0.25) is 23.6 Å². The first-order valence-electron chi connectivity index (χ1n) is 42.4. The molecule has 0 aromatic heterocycles. The number of benzene rings is 9. The summed E-state index contributed by atoms with van der Waals surface area (Å²) in [6.45, 7) is 12.5. The highest BCUT2D eigenvalue weighted by atomic mass is 32.2. The minimum atomic E-state index is -4.00. The lowest BCUT2D eigenvalue weighted by Crippen LogP contribution is -2.52. The quantitative estimate of drug-likeness (QED) is 0.0335. The molecule has 22 nitrogen and oxygen atoms in total. The lowest BCUT2D eigenvalue weighted by molar-refractivity contribution is -0.138. The Morgan fingerprint density at radius 2 is 0.860 bits per heavy atom. The number of carbonyl (C=O) groups is 7. The fourth-order valence-corrected chi connectivity index (χ4v) is 20.2. The van der Waals surface area contributed by atoms with E-state index in [0.29, 0.717) is 67.4 Å². The van der Waals surface area contributed by atoms with Gasteiger partial charge in [-0.05, 0) is 235 Å². The van der Waals surface area contributed by atoms with Gasteiger partial charge in [-0.25, -0.2) is 8.78 Å². The molecule has 6 fully saturated rings. The van der Waals surface area contributed by atoms with Crippen molar-refractivity contribution in [2.45, 2.75) is 131 Å². The third-order valence-electron chi connectivity index (χ3n) is 26.1. The number of imide groups is 2. The van der Waals surface area contributed by atoms with E-state index in [4.69, 9.17) is 4.55 Å². The van der Waals surface area contributed by atoms with Gasteiger partial charge in [0.05, 0.1) is 16.3 Å². The lowest BCUT2D eigenvalue weighted by atomic mass is 9.69. The van der Waals surface area contributed by atoms with Gasteiger partial charge < -0.3 is 49.7 Å². The van der Waals surface area contributed by atoms with Gasteiger partial charge in [0.25, 0.3) is 21.9 Å². The Morgan fingerprint density at radius 3 is 1.28 bits per heavy atom. The number of nitrogens with zero attached hydrogens (tertiary/aromatic N) is 7. The van der Waals surface area contributed by atoms with Crippen molar-refractivity contribution in [3.05, 3.63) is 279 Å². The van der Waals surface area contributed by atoms with Gasteiger partial charge >= 0.3 is 0 Å². The smallest absolute Gasteiger partial charge is 0.294 e. The van der Waals surface area contributed by atoms with Crippen molar-refractivity contribution in [1.82, 2.24) is 30.7 Å². The van der Waals surface area contributed by atoms with E-state index < -0.39 is 22.2 Å². The van der Waals surface area contributed by atoms with Crippen LogP contribution in [0.25, 0.3) is 0 Å². The number of piperazine rings is 2. The summed E-state index contributed by atoms with van der Waals surface area (Å²) in [7, 11) is -4.00. The Balaban J connectivity index is 0.000000138. The number of aryl methyl sites for hydroxylation is 2. The maximum atomic E-state index is 16.1. The van der Waals surface area contributed by atoms with E-state index in [-0.39, 0.29) is 106 Å². The summed E-state index contributed by atoms with van der Waals surface area (Å²) in [5.74, 6) is -0.170. The Labute approximate surface area is 704 Å². The van der Waals surface area contributed by atoms with Gasteiger partial charge in [-0.15, -0.1) is 0 Å². The molecule has 0 unspecified atom stereocenters. The Bertz CT molecular complexity index is 5450. The van der Waals surface area contributed by atoms with Crippen molar-refractivity contribution >= 4 is 74.6 Å². The minimum Gasteiger partial charge on any atom is -0.508 e. The molecule has 25 heteroatoms. The van der Waals surface area contributed by atoms with E-state index in [1.807, 2.05) is 72.8 Å². The molecule has 8 heterocycles. The zero-order valence-electron chi connectivity index (χ0n) is 67.7. The van der Waals surface area contributed by atoms with Crippen LogP contribution in [0.3, 0.4) is 0 Å². The SMILES string of the molecule is O=C1CC[C@H](N2Cc3cc(N4CCN(CC5CCN(c6ccc([C@@H]7c8ccc(O)cc8CC[C@@H]7c7ccccc7)cc6F)CC5)CC4)ccc3C2=O)C(=O)N1.O=C1CC[C@H](N2Cc3cc(N4CCNCC4)ccc3C2=O)C(=O)N1.O=CC1CCN(c2ccc([C@@H]3c4ccc(O)cc4CC[C@@H]3c3ccccc3)cc2F)CC1.O=S(=O)(O)c1ccccc1. The van der Waals surface area contributed by atoms with E-state index in [0.717, 1.165) is 174 Å². The molecule has 6 atom stereocenters. The Hall–Kier alpha value is -11.6. The molecule has 0 radical (unpaired) electrons. The van der Waals surface area contributed by atoms with Crippen LogP contribution >= 0.6 is 0 Å². The fraction of sp³-hybridized carbons (Fsp3) is 0.365. The molecule has 10 aliphatic rings. The van der Waals surface area contributed by atoms with Gasteiger partial charge in [-0.3, -0.25) is 48.9 Å². The number of carbonyl (C=O) groups excluding carboxylic acids is 7. The van der Waals surface area contributed by atoms with E-state index in [2.05, 4.69) is 113 Å². The summed E-state index contributed by atoms with van der Waals surface area (Å²) >= 11 is 0. The number of hydrogen-bond donors (Lipinski definition) is 6. The van der Waals surface area contributed by atoms with Crippen molar-refractivity contribution in [3.63, 3.8) is 0 Å². The zero-order valence-corrected chi connectivity index (χ0v) is 68.5. The zero-order chi connectivity index (χ0) is 84.0. The average Bonchev–Trinajstić information content (AvgIpc) is 1.76. The third-order valence-corrected chi connectivity index (χ3v) is 27.0. The van der Waals surface area contributed by atoms with Crippen LogP contribution in [0, 0.1) is 23.5 Å². The van der Waals surface area contributed by atoms with E-state index in [1.165, 1.54) is 34.4 Å². The van der Waals surface area contributed by atoms with Gasteiger partial charge in [0.1, 0.15) is 41.5 Å². The second-order valence-electron chi connectivity index (χ2n) is 33.4. The highest BCUT2D eigenvalue weighted by molar-refractivity contribution is 7.85. The van der Waals surface area contributed by atoms with Crippen LogP contribution in [-0.2, 0) is 60.0 Å². The van der Waals surface area contributed by atoms with Gasteiger partial charge in [0, 0.05) is 151 Å². The van der Waals surface area contributed by atoms with E-state index in [9.17, 15) is 52.2 Å². The number of halogens is 2. The van der Waals surface area contributed by atoms with Gasteiger partial charge in [0.15, 0.2) is 0 Å². The standard InChI is InChI=1S/C45H48FN5O4.C28H28FNO2.C17H20N4O3.C6H6O3S/c46-39-26-32(43-36(30-4-2-1-3-5-30)10-6-31-25-35(52)9-12-37(31)43)7-13-40(39)50-18-16-29(17-19-50)27-48-20-22-49(23-21-48)34-8-11-38-33(24-34)28-51(45(38)55)41-14-15-42(53)47-44(41)54;29-26-17-22(7-11-27(26)30-14-12-19(18-31)13-15-30)28-24(20-4-2-1-3-5-20)9-6-21-16-23(32)8-10-25(21)28;22-15-4-3-14(16(23)19-15)21-10-11-9-12(1-2-13(11)17(21)24)20-7-5-18-6-8-20;7-10(8,9)6-4-2-1-3-5-6/h1-5,7-9,11-13,24-26,29,36,41,43,52H,6,10,14-23,27-28H2,(H,47,53,54);1-5,7-8,10-11,16-19,24,28,32H,6,9,12-15H2;1-2,9,14,18H,3-8,10H2,(H,19,22,23);1-5H,(H,7,8,9)/t36-,41+,43+;24-,28+;14-;/m110./s1. The molecule has 9 aromatic carbocycles. The molecule has 0 spiro atoms. The molecule has 628 valence electrons. The predicted octanol–water partition coefficient (Wildman–Crippen LogP) is 12.8. The van der Waals surface area contributed by atoms with Crippen LogP contribution in [-0.4, -0.2) is 177 Å². The predicted molar refractivity (Wildman–Crippen MR) is 459 cm³/mol. The summed E-state index contributed by atoms with van der Waals surface area (Å²) in [6, 6.07) is 62.0. The molecule has 6 N–H and O–H groups in total. The van der Waals surface area contributed by atoms with E-state index in [1.54, 1.807) is 52.3 Å². The van der Waals surface area contributed by atoms with E-state index >= 15 is 8.78 Å². The highest BCUT2D eigenvalue weighted by Gasteiger charge is 2.43. The number of nitrogens with one attached hydrogen (secondary N) is 3. The van der Waals surface area contributed by atoms with Crippen LogP contribution in [0.5, 0.6) is 11.5 Å². The van der Waals surface area contributed by atoms with Crippen LogP contribution < -0.4 is 35.6 Å². The summed E-state index contributed by atoms with van der Waals surface area (Å²) in [6.07, 6.45) is 9.61. The highest BCUT2D eigenvalue weighted by Crippen LogP contribution is 2.50. The number of fused-ring (bicyclic) bond motifs is 4. The molecular formula is C96H102F2N10O12S. The first kappa shape index (κ1) is 83.0. The van der Waals surface area contributed by atoms with Crippen LogP contribution in [0.4, 0.5) is 31.5 Å². The molecule has 2 aliphatic carbocycles. The molecule has 121 heavy (non-hydrogen) atoms. The third kappa shape index (κ3) is 18.7. The van der Waals surface area contributed by atoms with Crippen molar-refractivity contribution in [2.24, 2.45) is 11.8 Å². The molecule has 0 saturated carbocycles. The number of amides is 6. The number of piperidine rings is 4. The topological polar surface area (TPSA) is 273 Å². The van der Waals surface area contributed by atoms with Crippen molar-refractivity contribution in [2.75, 3.05) is 105 Å². The number of phenolic OH excluding ortho intramolecular Hbond substituents is 2. The monoisotopic (exact) mass is 1660 g/mol. The van der Waals surface area contributed by atoms with Crippen molar-refractivity contribution in [3.8, 4) is 11.5 Å². The number of phenols is 2. The molecule has 6 saturated heterocycles. The first-order valence-corrected chi connectivity index (χ1v) is 43.9. The second kappa shape index (κ2) is 36.7. The summed E-state index contributed by atoms with van der Waals surface area (Å²) < 4.78 is 60.7. The molecule has 6 amide bonds. The number of rotatable bonds is 14. The number of aldehydes is 1. The number of aromatic hydroxyl groups is 2. The number of anilines is 4. The van der Waals surface area contributed by atoms with Crippen LogP contribution in [0.1, 0.15) is 164 Å². The lowest BCUT2D eigenvalue weighted by Gasteiger charge is -2.40. The van der Waals surface area contributed by atoms with Crippen molar-refractivity contribution < 1.29 is 65.5 Å². The summed E-state index contributed by atoms with van der Waals surface area (Å²) in [5.41, 5.74) is 15.8. The van der Waals surface area contributed by atoms with Crippen molar-refractivity contribution in [1.29, 1.82) is 0 Å². The van der Waals surface area contributed by atoms with Crippen LogP contribution in [0.15, 0.2) is 205 Å². The maximum Gasteiger partial charge on any atom is 0.294 e. The van der Waals surface area contributed by atoms with Crippen LogP contribution in [0.2, 0.25) is 0 Å². The first-order chi connectivity index (χ1) is 58.7. The normalized spacial score (nSPS) is 22.0. The Kier molecular flexibility index (Phi) is 25.2. The minimum absolute atomic E-state index is 0.0174. The average molecular weight is 1660 g/mol. The number of hydrogen-bond acceptors (Lipinski definition) is 17. The molecule has 19 rings (SSSR count). The molecule has 0 bridgehead atoms. The Morgan fingerprint density at radius 1 is 0.421 bits per heavy atom. The summed E-state index contributed by atoms with van der Waals surface area (Å²) in [4.78, 5) is 98.9. The fourth-order valence-electron chi connectivity index (χ4n) is 19.7. The maximum absolute atomic E-state index is 16.1. The molecule has 9 aromatic rings. The van der Waals surface area contributed by atoms with Gasteiger partial charge in [-0.1, -0.05) is 103 Å². The molecule has 8 aliphatic heterocycles. The largest absolute Gasteiger partial charge is 0.508 e. The second-order valence-corrected chi connectivity index (χ2v) is 34.9. The molecular weight excluding hydrogens is 1560 g/mol. The van der Waals surface area contributed by atoms with Gasteiger partial charge in [-0.2, -0.15) is 8.42 Å².